The first kappa shape index (κ1) is 17.7. The predicted octanol–water partition coefficient (Wildman–Crippen LogP) is 3.34. The van der Waals surface area contributed by atoms with Crippen molar-refractivity contribution in [3.63, 3.8) is 0 Å². The molecule has 1 aliphatic rings. The average molecular weight is 332 g/mol. The molecule has 0 radical (unpaired) electrons. The van der Waals surface area contributed by atoms with Crippen molar-refractivity contribution < 1.29 is 22.4 Å². The zero-order valence-corrected chi connectivity index (χ0v) is 12.9. The number of alkyl halides is 3. The van der Waals surface area contributed by atoms with Crippen LogP contribution in [0.4, 0.5) is 17.6 Å². The second-order valence-electron chi connectivity index (χ2n) is 5.66. The van der Waals surface area contributed by atoms with Crippen molar-refractivity contribution in [2.24, 2.45) is 0 Å². The number of piperidine rings is 1. The lowest BCUT2D eigenvalue weighted by Gasteiger charge is -2.33. The molecule has 7 heteroatoms. The van der Waals surface area contributed by atoms with Crippen LogP contribution in [0.5, 0.6) is 0 Å². The molecule has 1 amide bonds. The predicted molar refractivity (Wildman–Crippen MR) is 78.1 cm³/mol. The van der Waals surface area contributed by atoms with Crippen molar-refractivity contribution in [1.29, 1.82) is 0 Å². The number of hydrogen-bond acceptors (Lipinski definition) is 2. The lowest BCUT2D eigenvalue weighted by atomic mass is 10.0. The van der Waals surface area contributed by atoms with Crippen LogP contribution in [-0.2, 0) is 17.5 Å². The Balaban J connectivity index is 2.04. The third kappa shape index (κ3) is 4.43. The molecule has 0 bridgehead atoms. The Labute approximate surface area is 132 Å². The molecule has 3 nitrogen and oxygen atoms in total. The highest BCUT2D eigenvalue weighted by Gasteiger charge is 2.31. The van der Waals surface area contributed by atoms with E-state index in [1.54, 1.807) is 0 Å². The fourth-order valence-corrected chi connectivity index (χ4v) is 2.85. The highest BCUT2D eigenvalue weighted by atomic mass is 19.4. The van der Waals surface area contributed by atoms with E-state index in [1.807, 2.05) is 11.8 Å². The number of amides is 1. The Morgan fingerprint density at radius 3 is 2.74 bits per heavy atom. The molecule has 1 aliphatic heterocycles. The van der Waals surface area contributed by atoms with Gasteiger partial charge in [-0.2, -0.15) is 13.2 Å². The van der Waals surface area contributed by atoms with E-state index >= 15 is 0 Å². The molecule has 1 atom stereocenters. The summed E-state index contributed by atoms with van der Waals surface area (Å²) in [4.78, 5) is 14.3. The topological polar surface area (TPSA) is 32.3 Å². The van der Waals surface area contributed by atoms with Crippen LogP contribution in [0, 0.1) is 5.82 Å². The summed E-state index contributed by atoms with van der Waals surface area (Å²) in [5.74, 6) is -1.02. The van der Waals surface area contributed by atoms with Gasteiger partial charge in [0.05, 0.1) is 11.6 Å². The molecule has 23 heavy (non-hydrogen) atoms. The molecule has 0 aliphatic carbocycles. The van der Waals surface area contributed by atoms with Crippen molar-refractivity contribution in [2.45, 2.75) is 44.9 Å². The zero-order valence-electron chi connectivity index (χ0n) is 12.9. The molecule has 1 N–H and O–H groups in total. The van der Waals surface area contributed by atoms with E-state index in [9.17, 15) is 22.4 Å². The van der Waals surface area contributed by atoms with Crippen molar-refractivity contribution in [2.75, 3.05) is 13.1 Å². The molecule has 1 heterocycles. The monoisotopic (exact) mass is 332 g/mol. The summed E-state index contributed by atoms with van der Waals surface area (Å²) in [6.45, 7) is 3.27. The van der Waals surface area contributed by atoms with E-state index in [0.29, 0.717) is 12.5 Å². The van der Waals surface area contributed by atoms with Crippen LogP contribution < -0.4 is 5.32 Å². The Morgan fingerprint density at radius 1 is 1.35 bits per heavy atom. The van der Waals surface area contributed by atoms with Crippen LogP contribution >= 0.6 is 0 Å². The number of halogens is 4. The summed E-state index contributed by atoms with van der Waals surface area (Å²) in [6, 6.07) is 1.93. The number of nitrogens with one attached hydrogen (secondary N) is 1. The van der Waals surface area contributed by atoms with Gasteiger partial charge in [-0.25, -0.2) is 4.39 Å². The maximum Gasteiger partial charge on any atom is 0.416 e. The highest BCUT2D eigenvalue weighted by Crippen LogP contribution is 2.30. The van der Waals surface area contributed by atoms with Gasteiger partial charge >= 0.3 is 6.18 Å². The maximum absolute atomic E-state index is 13.7. The van der Waals surface area contributed by atoms with E-state index in [4.69, 9.17) is 0 Å². The second-order valence-corrected chi connectivity index (χ2v) is 5.66. The number of benzene rings is 1. The van der Waals surface area contributed by atoms with Gasteiger partial charge < -0.3 is 5.32 Å². The van der Waals surface area contributed by atoms with Crippen LogP contribution in [0.1, 0.15) is 37.3 Å². The summed E-state index contributed by atoms with van der Waals surface area (Å²) >= 11 is 0. The molecule has 1 unspecified atom stereocenters. The quantitative estimate of drug-likeness (QED) is 0.858. The summed E-state index contributed by atoms with van der Waals surface area (Å²) in [7, 11) is 0. The Kier molecular flexibility index (Phi) is 5.62. The molecule has 1 saturated heterocycles. The van der Waals surface area contributed by atoms with Crippen LogP contribution in [0.2, 0.25) is 0 Å². The van der Waals surface area contributed by atoms with Crippen LogP contribution in [0.3, 0.4) is 0 Å². The number of carbonyl (C=O) groups excluding carboxylic acids is 1. The van der Waals surface area contributed by atoms with Gasteiger partial charge in [0.1, 0.15) is 5.82 Å². The fraction of sp³-hybridized carbons (Fsp3) is 0.562. The molecule has 0 spiro atoms. The zero-order chi connectivity index (χ0) is 17.0. The van der Waals surface area contributed by atoms with E-state index < -0.39 is 17.6 Å². The van der Waals surface area contributed by atoms with Crippen molar-refractivity contribution >= 4 is 5.91 Å². The molecule has 0 aromatic heterocycles. The van der Waals surface area contributed by atoms with E-state index in [2.05, 4.69) is 5.32 Å². The third-order valence-electron chi connectivity index (χ3n) is 4.15. The molecule has 0 saturated carbocycles. The smallest absolute Gasteiger partial charge is 0.351 e. The number of rotatable bonds is 4. The van der Waals surface area contributed by atoms with Gasteiger partial charge in [0, 0.05) is 12.1 Å². The van der Waals surface area contributed by atoms with Crippen LogP contribution in [0.25, 0.3) is 0 Å². The van der Waals surface area contributed by atoms with Gasteiger partial charge in [0.25, 0.3) is 0 Å². The van der Waals surface area contributed by atoms with Crippen molar-refractivity contribution in [3.05, 3.63) is 35.1 Å². The molecule has 1 fully saturated rings. The van der Waals surface area contributed by atoms with E-state index in [-0.39, 0.29) is 24.1 Å². The first-order chi connectivity index (χ1) is 10.8. The number of likely N-dealkylation sites (tertiary alicyclic amines) is 1. The SMILES string of the molecule is CCN1CCCCC1C(=O)NCc1cc(C(F)(F)F)ccc1F. The Bertz CT molecular complexity index is 560. The second kappa shape index (κ2) is 7.29. The Morgan fingerprint density at radius 2 is 2.09 bits per heavy atom. The molecule has 1 aromatic rings. The normalized spacial score (nSPS) is 19.6. The first-order valence-corrected chi connectivity index (χ1v) is 7.70. The van der Waals surface area contributed by atoms with Crippen molar-refractivity contribution in [1.82, 2.24) is 10.2 Å². The fourth-order valence-electron chi connectivity index (χ4n) is 2.85. The molecular weight excluding hydrogens is 312 g/mol. The average Bonchev–Trinajstić information content (AvgIpc) is 2.52. The Hall–Kier alpha value is -1.63. The lowest BCUT2D eigenvalue weighted by molar-refractivity contribution is -0.137. The summed E-state index contributed by atoms with van der Waals surface area (Å²) in [6.07, 6.45) is -1.86. The minimum absolute atomic E-state index is 0.160. The standard InChI is InChI=1S/C16H20F4N2O/c1-2-22-8-4-3-5-14(22)15(23)21-10-11-9-12(16(18,19)20)6-7-13(11)17/h6-7,9,14H,2-5,8,10H2,1H3,(H,21,23). The highest BCUT2D eigenvalue weighted by molar-refractivity contribution is 5.81. The van der Waals surface area contributed by atoms with Gasteiger partial charge in [-0.1, -0.05) is 13.3 Å². The van der Waals surface area contributed by atoms with Crippen molar-refractivity contribution in [3.8, 4) is 0 Å². The van der Waals surface area contributed by atoms with Gasteiger partial charge in [-0.05, 0) is 44.1 Å². The van der Waals surface area contributed by atoms with E-state index in [1.165, 1.54) is 0 Å². The lowest BCUT2D eigenvalue weighted by Crippen LogP contribution is -2.49. The minimum atomic E-state index is -4.53. The number of hydrogen-bond donors (Lipinski definition) is 1. The van der Waals surface area contributed by atoms with Gasteiger partial charge in [-0.15, -0.1) is 0 Å². The van der Waals surface area contributed by atoms with Crippen LogP contribution in [-0.4, -0.2) is 29.9 Å². The molecule has 1 aromatic carbocycles. The maximum atomic E-state index is 13.7. The van der Waals surface area contributed by atoms with Gasteiger partial charge in [-0.3, -0.25) is 9.69 Å². The first-order valence-electron chi connectivity index (χ1n) is 7.70. The summed E-state index contributed by atoms with van der Waals surface area (Å²) in [5.41, 5.74) is -1.08. The van der Waals surface area contributed by atoms with E-state index in [0.717, 1.165) is 38.1 Å². The van der Waals surface area contributed by atoms with Gasteiger partial charge in [0.2, 0.25) is 5.91 Å². The molecule has 128 valence electrons. The molecular formula is C16H20F4N2O. The summed E-state index contributed by atoms with van der Waals surface area (Å²) in [5, 5.41) is 2.56. The third-order valence-corrected chi connectivity index (χ3v) is 4.15. The number of carbonyl (C=O) groups is 1. The largest absolute Gasteiger partial charge is 0.416 e. The van der Waals surface area contributed by atoms with Crippen LogP contribution in [0.15, 0.2) is 18.2 Å². The summed E-state index contributed by atoms with van der Waals surface area (Å²) < 4.78 is 51.7. The number of nitrogens with zero attached hydrogens (tertiary/aromatic N) is 1. The minimum Gasteiger partial charge on any atom is -0.351 e. The number of likely N-dealkylation sites (N-methyl/N-ethyl adjacent to an activating group) is 1. The molecule has 2 rings (SSSR count). The van der Waals surface area contributed by atoms with Gasteiger partial charge in [0.15, 0.2) is 0 Å².